The van der Waals surface area contributed by atoms with Gasteiger partial charge in [-0.05, 0) is 40.9 Å². The summed E-state index contributed by atoms with van der Waals surface area (Å²) in [5.41, 5.74) is 0. The Balaban J connectivity index is 1.61. The monoisotopic (exact) mass is 342 g/mol. The molecule has 0 bridgehead atoms. The van der Waals surface area contributed by atoms with Crippen molar-refractivity contribution in [3.63, 3.8) is 0 Å². The lowest BCUT2D eigenvalue weighted by atomic mass is 10.3. The molecule has 3 N–H and O–H groups in total. The Morgan fingerprint density at radius 3 is 2.90 bits per heavy atom. The van der Waals surface area contributed by atoms with Crippen molar-refractivity contribution in [1.82, 2.24) is 10.6 Å². The van der Waals surface area contributed by atoms with Crippen LogP contribution in [0.1, 0.15) is 12.8 Å². The van der Waals surface area contributed by atoms with Crippen LogP contribution in [-0.2, 0) is 4.79 Å². The Morgan fingerprint density at radius 2 is 2.20 bits per heavy atom. The van der Waals surface area contributed by atoms with Crippen molar-refractivity contribution in [3.05, 3.63) is 28.7 Å². The molecule has 1 saturated carbocycles. The lowest BCUT2D eigenvalue weighted by Crippen LogP contribution is -2.40. The number of amides is 1. The van der Waals surface area contributed by atoms with Gasteiger partial charge in [0, 0.05) is 12.6 Å². The van der Waals surface area contributed by atoms with Gasteiger partial charge in [-0.15, -0.1) is 0 Å². The molecule has 0 spiro atoms. The number of benzene rings is 1. The smallest absolute Gasteiger partial charge is 0.234 e. The van der Waals surface area contributed by atoms with Crippen LogP contribution in [0.2, 0.25) is 0 Å². The predicted molar refractivity (Wildman–Crippen MR) is 79.7 cm³/mol. The third-order valence-corrected chi connectivity index (χ3v) is 3.59. The van der Waals surface area contributed by atoms with Crippen molar-refractivity contribution in [1.29, 1.82) is 0 Å². The molecule has 20 heavy (non-hydrogen) atoms. The summed E-state index contributed by atoms with van der Waals surface area (Å²) in [6, 6.07) is 7.93. The average Bonchev–Trinajstić information content (AvgIpc) is 3.26. The molecule has 1 amide bonds. The second-order valence-corrected chi connectivity index (χ2v) is 5.71. The minimum Gasteiger partial charge on any atom is -0.490 e. The fraction of sp³-hybridized carbons (Fsp3) is 0.500. The number of carbonyl (C=O) groups is 1. The zero-order valence-corrected chi connectivity index (χ0v) is 12.7. The molecule has 0 aromatic heterocycles. The zero-order chi connectivity index (χ0) is 14.4. The molecule has 1 aliphatic carbocycles. The van der Waals surface area contributed by atoms with Crippen LogP contribution < -0.4 is 15.4 Å². The van der Waals surface area contributed by atoms with Gasteiger partial charge in [0.05, 0.1) is 11.0 Å². The Labute approximate surface area is 126 Å². The topological polar surface area (TPSA) is 70.6 Å². The van der Waals surface area contributed by atoms with E-state index in [4.69, 9.17) is 4.74 Å². The second-order valence-electron chi connectivity index (χ2n) is 4.85. The molecule has 1 atom stereocenters. The highest BCUT2D eigenvalue weighted by Gasteiger charge is 2.21. The molecule has 1 fully saturated rings. The molecule has 1 aromatic rings. The number of aliphatic hydroxyl groups is 1. The molecule has 1 aliphatic rings. The van der Waals surface area contributed by atoms with E-state index >= 15 is 0 Å². The van der Waals surface area contributed by atoms with Crippen LogP contribution in [0.25, 0.3) is 0 Å². The van der Waals surface area contributed by atoms with Crippen LogP contribution in [0.5, 0.6) is 5.75 Å². The number of para-hydroxylation sites is 1. The van der Waals surface area contributed by atoms with Gasteiger partial charge >= 0.3 is 0 Å². The molecule has 0 heterocycles. The largest absolute Gasteiger partial charge is 0.490 e. The fourth-order valence-corrected chi connectivity index (χ4v) is 2.02. The molecular weight excluding hydrogens is 324 g/mol. The van der Waals surface area contributed by atoms with Gasteiger partial charge < -0.3 is 20.5 Å². The van der Waals surface area contributed by atoms with Crippen LogP contribution in [0, 0.1) is 0 Å². The summed E-state index contributed by atoms with van der Waals surface area (Å²) in [5, 5.41) is 15.6. The zero-order valence-electron chi connectivity index (χ0n) is 11.1. The van der Waals surface area contributed by atoms with Gasteiger partial charge in [-0.3, -0.25) is 4.79 Å². The first-order chi connectivity index (χ1) is 9.65. The molecule has 110 valence electrons. The van der Waals surface area contributed by atoms with Gasteiger partial charge in [0.15, 0.2) is 0 Å². The van der Waals surface area contributed by atoms with Gasteiger partial charge in [0.25, 0.3) is 0 Å². The van der Waals surface area contributed by atoms with Gasteiger partial charge in [-0.1, -0.05) is 12.1 Å². The fourth-order valence-electron chi connectivity index (χ4n) is 1.63. The van der Waals surface area contributed by atoms with Gasteiger partial charge in [-0.2, -0.15) is 0 Å². The van der Waals surface area contributed by atoms with E-state index in [1.807, 2.05) is 24.3 Å². The Hall–Kier alpha value is -1.11. The van der Waals surface area contributed by atoms with Gasteiger partial charge in [-0.25, -0.2) is 0 Å². The first-order valence-electron chi connectivity index (χ1n) is 6.70. The third-order valence-electron chi connectivity index (χ3n) is 2.93. The molecule has 6 heteroatoms. The summed E-state index contributed by atoms with van der Waals surface area (Å²) < 4.78 is 6.31. The molecule has 5 nitrogen and oxygen atoms in total. The van der Waals surface area contributed by atoms with Gasteiger partial charge in [0.1, 0.15) is 18.5 Å². The van der Waals surface area contributed by atoms with Crippen molar-refractivity contribution < 1.29 is 14.6 Å². The summed E-state index contributed by atoms with van der Waals surface area (Å²) in [6.07, 6.45) is 1.57. The highest BCUT2D eigenvalue weighted by atomic mass is 79.9. The van der Waals surface area contributed by atoms with E-state index in [0.29, 0.717) is 18.3 Å². The predicted octanol–water partition coefficient (Wildman–Crippen LogP) is 1.06. The standard InChI is InChI=1S/C14H19BrN2O3/c15-12-3-1-2-4-13(12)20-9-11(18)7-17-14(19)8-16-10-5-6-10/h1-4,10-11,16,18H,5-9H2,(H,17,19). The van der Waals surface area contributed by atoms with Gasteiger partial charge in [0.2, 0.25) is 5.91 Å². The minimum absolute atomic E-state index is 0.100. The van der Waals surface area contributed by atoms with Crippen LogP contribution >= 0.6 is 15.9 Å². The number of ether oxygens (including phenoxy) is 1. The first kappa shape index (κ1) is 15.3. The first-order valence-corrected chi connectivity index (χ1v) is 7.50. The molecule has 0 saturated heterocycles. The quantitative estimate of drug-likeness (QED) is 0.660. The van der Waals surface area contributed by atoms with Crippen molar-refractivity contribution in [2.75, 3.05) is 19.7 Å². The van der Waals surface area contributed by atoms with Crippen LogP contribution in [0.4, 0.5) is 0 Å². The van der Waals surface area contributed by atoms with Crippen LogP contribution in [0.15, 0.2) is 28.7 Å². The van der Waals surface area contributed by atoms with Crippen LogP contribution in [0.3, 0.4) is 0 Å². The van der Waals surface area contributed by atoms with E-state index < -0.39 is 6.10 Å². The Kier molecular flexibility index (Phi) is 5.82. The number of nitrogens with one attached hydrogen (secondary N) is 2. The van der Waals surface area contributed by atoms with Crippen molar-refractivity contribution in [3.8, 4) is 5.75 Å². The molecule has 0 aliphatic heterocycles. The molecule has 1 aromatic carbocycles. The molecule has 0 radical (unpaired) electrons. The summed E-state index contributed by atoms with van der Waals surface area (Å²) in [7, 11) is 0. The summed E-state index contributed by atoms with van der Waals surface area (Å²) in [4.78, 5) is 11.5. The molecular formula is C14H19BrN2O3. The summed E-state index contributed by atoms with van der Waals surface area (Å²) >= 11 is 3.36. The van der Waals surface area contributed by atoms with Crippen molar-refractivity contribution in [2.24, 2.45) is 0 Å². The second kappa shape index (κ2) is 7.61. The van der Waals surface area contributed by atoms with E-state index in [9.17, 15) is 9.90 Å². The molecule has 2 rings (SSSR count). The van der Waals surface area contributed by atoms with E-state index in [2.05, 4.69) is 26.6 Å². The van der Waals surface area contributed by atoms with Crippen molar-refractivity contribution >= 4 is 21.8 Å². The lowest BCUT2D eigenvalue weighted by molar-refractivity contribution is -0.120. The normalized spacial score (nSPS) is 15.7. The highest BCUT2D eigenvalue weighted by Crippen LogP contribution is 2.23. The Morgan fingerprint density at radius 1 is 1.45 bits per heavy atom. The number of halogens is 1. The number of hydrogen-bond acceptors (Lipinski definition) is 4. The van der Waals surface area contributed by atoms with E-state index in [1.54, 1.807) is 0 Å². The highest BCUT2D eigenvalue weighted by molar-refractivity contribution is 9.10. The number of carbonyl (C=O) groups excluding carboxylic acids is 1. The maximum Gasteiger partial charge on any atom is 0.234 e. The maximum absolute atomic E-state index is 11.5. The third kappa shape index (κ3) is 5.48. The lowest BCUT2D eigenvalue weighted by Gasteiger charge is -2.14. The van der Waals surface area contributed by atoms with E-state index in [0.717, 1.165) is 17.3 Å². The van der Waals surface area contributed by atoms with E-state index in [1.165, 1.54) is 0 Å². The SMILES string of the molecule is O=C(CNC1CC1)NCC(O)COc1ccccc1Br. The average molecular weight is 343 g/mol. The number of aliphatic hydroxyl groups excluding tert-OH is 1. The van der Waals surface area contributed by atoms with E-state index in [-0.39, 0.29) is 19.1 Å². The summed E-state index contributed by atoms with van der Waals surface area (Å²) in [6.45, 7) is 0.636. The number of rotatable bonds is 8. The van der Waals surface area contributed by atoms with Crippen LogP contribution in [-0.4, -0.2) is 42.9 Å². The molecule has 1 unspecified atom stereocenters. The Bertz CT molecular complexity index is 452. The summed E-state index contributed by atoms with van der Waals surface area (Å²) in [5.74, 6) is 0.574. The maximum atomic E-state index is 11.5. The minimum atomic E-state index is -0.730. The number of hydrogen-bond donors (Lipinski definition) is 3. The van der Waals surface area contributed by atoms with Crippen molar-refractivity contribution in [2.45, 2.75) is 25.0 Å².